The van der Waals surface area contributed by atoms with Gasteiger partial charge in [-0.3, -0.25) is 4.79 Å². The Morgan fingerprint density at radius 2 is 1.62 bits per heavy atom. The van der Waals surface area contributed by atoms with Gasteiger partial charge in [0.15, 0.2) is 11.5 Å². The summed E-state index contributed by atoms with van der Waals surface area (Å²) in [4.78, 5) is 14.0. The number of nitrogens with zero attached hydrogens (tertiary/aromatic N) is 4. The number of methoxy groups -OCH3 is 2. The van der Waals surface area contributed by atoms with Gasteiger partial charge in [-0.05, 0) is 46.4 Å². The summed E-state index contributed by atoms with van der Waals surface area (Å²) in [6.07, 6.45) is 0. The van der Waals surface area contributed by atoms with Crippen molar-refractivity contribution >= 4 is 5.91 Å². The second-order valence-corrected chi connectivity index (χ2v) is 8.32. The minimum absolute atomic E-state index is 0.0203. The Morgan fingerprint density at radius 3 is 2.22 bits per heavy atom. The molecule has 1 atom stereocenters. The highest BCUT2D eigenvalue weighted by molar-refractivity contribution is 5.76. The van der Waals surface area contributed by atoms with Crippen molar-refractivity contribution in [2.45, 2.75) is 46.2 Å². The van der Waals surface area contributed by atoms with Gasteiger partial charge < -0.3 is 14.8 Å². The number of nitrogens with one attached hydrogen (secondary N) is 1. The monoisotopic (exact) mass is 437 g/mol. The zero-order chi connectivity index (χ0) is 23.3. The predicted molar refractivity (Wildman–Crippen MR) is 123 cm³/mol. The zero-order valence-corrected chi connectivity index (χ0v) is 19.5. The maximum absolute atomic E-state index is 12.7. The van der Waals surface area contributed by atoms with Crippen molar-refractivity contribution in [2.75, 3.05) is 14.2 Å². The normalized spacial score (nSPS) is 12.1. The molecule has 0 aliphatic heterocycles. The first-order valence-electron chi connectivity index (χ1n) is 10.7. The number of aromatic nitrogens is 4. The first-order valence-corrected chi connectivity index (χ1v) is 10.7. The van der Waals surface area contributed by atoms with Crippen molar-refractivity contribution < 1.29 is 14.3 Å². The number of benzene rings is 2. The number of amides is 1. The van der Waals surface area contributed by atoms with Crippen LogP contribution >= 0.6 is 0 Å². The van der Waals surface area contributed by atoms with Crippen molar-refractivity contribution in [1.82, 2.24) is 25.5 Å². The third kappa shape index (κ3) is 5.43. The molecule has 8 heteroatoms. The zero-order valence-electron chi connectivity index (χ0n) is 19.5. The van der Waals surface area contributed by atoms with Crippen LogP contribution in [0.1, 0.15) is 50.8 Å². The van der Waals surface area contributed by atoms with Crippen LogP contribution in [0.2, 0.25) is 0 Å². The van der Waals surface area contributed by atoms with Gasteiger partial charge in [0, 0.05) is 5.56 Å². The van der Waals surface area contributed by atoms with Crippen LogP contribution in [0.15, 0.2) is 42.5 Å². The van der Waals surface area contributed by atoms with E-state index >= 15 is 0 Å². The minimum Gasteiger partial charge on any atom is -0.493 e. The van der Waals surface area contributed by atoms with Gasteiger partial charge >= 0.3 is 0 Å². The first-order chi connectivity index (χ1) is 15.3. The molecule has 0 saturated carbocycles. The summed E-state index contributed by atoms with van der Waals surface area (Å²) >= 11 is 0. The summed E-state index contributed by atoms with van der Waals surface area (Å²) in [6, 6.07) is 13.7. The van der Waals surface area contributed by atoms with Crippen LogP contribution in [-0.4, -0.2) is 40.3 Å². The molecule has 0 fully saturated rings. The van der Waals surface area contributed by atoms with Gasteiger partial charge in [0.2, 0.25) is 11.7 Å². The third-order valence-corrected chi connectivity index (χ3v) is 5.33. The highest BCUT2D eigenvalue weighted by Gasteiger charge is 2.20. The Hall–Kier alpha value is -3.42. The standard InChI is InChI=1S/C24H31N5O3/c1-15(2)17-7-9-18(10-8-17)23(16(3)4)25-22(30)14-29-27-24(26-28-29)19-11-12-20(31-5)21(13-19)32-6/h7-13,15-16,23H,14H2,1-6H3,(H,25,30). The fraction of sp³-hybridized carbons (Fsp3) is 0.417. The van der Waals surface area contributed by atoms with Gasteiger partial charge in [0.1, 0.15) is 6.54 Å². The van der Waals surface area contributed by atoms with Crippen LogP contribution in [-0.2, 0) is 11.3 Å². The van der Waals surface area contributed by atoms with Crippen LogP contribution in [0.4, 0.5) is 0 Å². The summed E-state index contributed by atoms with van der Waals surface area (Å²) in [7, 11) is 3.14. The van der Waals surface area contributed by atoms with Crippen molar-refractivity contribution in [3.63, 3.8) is 0 Å². The largest absolute Gasteiger partial charge is 0.493 e. The SMILES string of the molecule is COc1ccc(-c2nnn(CC(=O)NC(c3ccc(C(C)C)cc3)C(C)C)n2)cc1OC. The Bertz CT molecular complexity index is 1040. The maximum atomic E-state index is 12.7. The van der Waals surface area contributed by atoms with Gasteiger partial charge in [-0.2, -0.15) is 4.80 Å². The molecule has 1 heterocycles. The van der Waals surface area contributed by atoms with Crippen LogP contribution in [0.3, 0.4) is 0 Å². The summed E-state index contributed by atoms with van der Waals surface area (Å²) < 4.78 is 10.6. The van der Waals surface area contributed by atoms with E-state index in [1.807, 2.05) is 6.07 Å². The molecule has 1 N–H and O–H groups in total. The van der Waals surface area contributed by atoms with E-state index in [-0.39, 0.29) is 24.4 Å². The van der Waals surface area contributed by atoms with Crippen molar-refractivity contribution in [3.05, 3.63) is 53.6 Å². The van der Waals surface area contributed by atoms with Gasteiger partial charge in [-0.15, -0.1) is 10.2 Å². The summed E-state index contributed by atoms with van der Waals surface area (Å²) in [5, 5.41) is 15.6. The molecule has 0 aliphatic carbocycles. The number of carbonyl (C=O) groups excluding carboxylic acids is 1. The molecular formula is C24H31N5O3. The van der Waals surface area contributed by atoms with Crippen LogP contribution in [0.5, 0.6) is 11.5 Å². The first kappa shape index (κ1) is 23.2. The minimum atomic E-state index is -0.173. The molecule has 2 aromatic carbocycles. The second kappa shape index (κ2) is 10.3. The number of ether oxygens (including phenoxy) is 2. The average molecular weight is 438 g/mol. The third-order valence-electron chi connectivity index (χ3n) is 5.33. The van der Waals surface area contributed by atoms with E-state index in [9.17, 15) is 4.79 Å². The van der Waals surface area contributed by atoms with Crippen molar-refractivity contribution in [2.24, 2.45) is 5.92 Å². The van der Waals surface area contributed by atoms with E-state index in [1.54, 1.807) is 26.4 Å². The number of tetrazole rings is 1. The number of rotatable bonds is 9. The second-order valence-electron chi connectivity index (χ2n) is 8.32. The fourth-order valence-electron chi connectivity index (χ4n) is 3.47. The highest BCUT2D eigenvalue weighted by atomic mass is 16.5. The van der Waals surface area contributed by atoms with E-state index in [1.165, 1.54) is 10.4 Å². The lowest BCUT2D eigenvalue weighted by Crippen LogP contribution is -2.34. The van der Waals surface area contributed by atoms with Crippen molar-refractivity contribution in [3.8, 4) is 22.9 Å². The van der Waals surface area contributed by atoms with Crippen LogP contribution < -0.4 is 14.8 Å². The number of hydrogen-bond donors (Lipinski definition) is 1. The molecule has 0 radical (unpaired) electrons. The lowest BCUT2D eigenvalue weighted by atomic mass is 9.93. The number of hydrogen-bond acceptors (Lipinski definition) is 6. The van der Waals surface area contributed by atoms with Crippen molar-refractivity contribution in [1.29, 1.82) is 0 Å². The molecule has 1 aromatic heterocycles. The Morgan fingerprint density at radius 1 is 0.969 bits per heavy atom. The summed E-state index contributed by atoms with van der Waals surface area (Å²) in [6.45, 7) is 8.48. The Kier molecular flexibility index (Phi) is 7.45. The lowest BCUT2D eigenvalue weighted by Gasteiger charge is -2.23. The lowest BCUT2D eigenvalue weighted by molar-refractivity contribution is -0.123. The summed E-state index contributed by atoms with van der Waals surface area (Å²) in [5.74, 6) is 2.12. The van der Waals surface area contributed by atoms with Crippen LogP contribution in [0, 0.1) is 5.92 Å². The van der Waals surface area contributed by atoms with E-state index in [4.69, 9.17) is 9.47 Å². The molecule has 0 saturated heterocycles. The molecule has 3 aromatic rings. The van der Waals surface area contributed by atoms with Gasteiger partial charge in [0.25, 0.3) is 0 Å². The highest BCUT2D eigenvalue weighted by Crippen LogP contribution is 2.30. The summed E-state index contributed by atoms with van der Waals surface area (Å²) in [5.41, 5.74) is 3.08. The molecule has 0 aliphatic rings. The average Bonchev–Trinajstić information content (AvgIpc) is 3.25. The molecule has 0 bridgehead atoms. The smallest absolute Gasteiger partial charge is 0.244 e. The van der Waals surface area contributed by atoms with E-state index < -0.39 is 0 Å². The molecule has 32 heavy (non-hydrogen) atoms. The molecule has 8 nitrogen and oxygen atoms in total. The van der Waals surface area contributed by atoms with Gasteiger partial charge in [-0.25, -0.2) is 0 Å². The van der Waals surface area contributed by atoms with Crippen LogP contribution in [0.25, 0.3) is 11.4 Å². The quantitative estimate of drug-likeness (QED) is 0.544. The molecule has 1 unspecified atom stereocenters. The fourth-order valence-corrected chi connectivity index (χ4v) is 3.47. The van der Waals surface area contributed by atoms with Gasteiger partial charge in [0.05, 0.1) is 20.3 Å². The Balaban J connectivity index is 1.70. The van der Waals surface area contributed by atoms with E-state index in [0.717, 1.165) is 11.1 Å². The molecule has 1 amide bonds. The molecular weight excluding hydrogens is 406 g/mol. The maximum Gasteiger partial charge on any atom is 0.244 e. The molecule has 3 rings (SSSR count). The molecule has 170 valence electrons. The van der Waals surface area contributed by atoms with E-state index in [0.29, 0.717) is 23.2 Å². The van der Waals surface area contributed by atoms with E-state index in [2.05, 4.69) is 72.7 Å². The molecule has 0 spiro atoms. The van der Waals surface area contributed by atoms with Gasteiger partial charge in [-0.1, -0.05) is 52.0 Å². The predicted octanol–water partition coefficient (Wildman–Crippen LogP) is 3.99. The topological polar surface area (TPSA) is 91.2 Å². The number of carbonyl (C=O) groups is 1. The Labute approximate surface area is 188 Å².